The number of benzene rings is 3. The van der Waals surface area contributed by atoms with E-state index in [0.717, 1.165) is 11.3 Å². The van der Waals surface area contributed by atoms with Crippen molar-refractivity contribution in [3.05, 3.63) is 89.5 Å². The Kier molecular flexibility index (Phi) is 4.91. The fraction of sp³-hybridized carbons (Fsp3) is 0.130. The minimum atomic E-state index is -1.31. The summed E-state index contributed by atoms with van der Waals surface area (Å²) in [6.45, 7) is 1.41. The lowest BCUT2D eigenvalue weighted by atomic mass is 10.0. The van der Waals surface area contributed by atoms with E-state index in [9.17, 15) is 14.7 Å². The van der Waals surface area contributed by atoms with Gasteiger partial charge in [-0.05, 0) is 37.3 Å². The molecule has 0 aliphatic carbocycles. The number of fused-ring (bicyclic) bond motifs is 1. The van der Waals surface area contributed by atoms with Crippen LogP contribution in [0.25, 0.3) is 0 Å². The van der Waals surface area contributed by atoms with E-state index in [1.807, 2.05) is 61.5 Å². The second-order valence-corrected chi connectivity index (χ2v) is 6.80. The molecule has 0 aromatic heterocycles. The smallest absolute Gasteiger partial charge is 0.262 e. The lowest BCUT2D eigenvalue weighted by molar-refractivity contribution is -0.307. The average molecular weight is 387 g/mol. The zero-order chi connectivity index (χ0) is 20.4. The van der Waals surface area contributed by atoms with Crippen molar-refractivity contribution in [2.24, 2.45) is 0 Å². The summed E-state index contributed by atoms with van der Waals surface area (Å²) in [6, 6.07) is 22.0. The standard InChI is InChI=1S/C23H20N2O4/c1-15-10-12-16(13-11-15)25-22(24-19-8-4-2-6-17(19)23(25)28)18-7-3-5-9-20(18)29-14-21(26)27/h2-13,22,24H,14H2,1H3,(H,26,27)/p-1/t22-/m1/s1. The van der Waals surface area contributed by atoms with E-state index in [2.05, 4.69) is 5.32 Å². The summed E-state index contributed by atoms with van der Waals surface area (Å²) in [4.78, 5) is 25.9. The first-order valence-electron chi connectivity index (χ1n) is 9.22. The van der Waals surface area contributed by atoms with Crippen LogP contribution in [0, 0.1) is 6.92 Å². The summed E-state index contributed by atoms with van der Waals surface area (Å²) >= 11 is 0. The lowest BCUT2D eigenvalue weighted by Gasteiger charge is -2.38. The molecule has 1 heterocycles. The van der Waals surface area contributed by atoms with Gasteiger partial charge in [0.25, 0.3) is 5.91 Å². The van der Waals surface area contributed by atoms with Gasteiger partial charge in [0.2, 0.25) is 0 Å². The Morgan fingerprint density at radius 2 is 1.72 bits per heavy atom. The molecule has 3 aromatic rings. The molecule has 4 rings (SSSR count). The Morgan fingerprint density at radius 3 is 2.48 bits per heavy atom. The first kappa shape index (κ1) is 18.6. The highest BCUT2D eigenvalue weighted by atomic mass is 16.5. The summed E-state index contributed by atoms with van der Waals surface area (Å²) < 4.78 is 5.44. The molecule has 1 N–H and O–H groups in total. The van der Waals surface area contributed by atoms with Gasteiger partial charge in [0, 0.05) is 16.9 Å². The molecule has 0 saturated carbocycles. The van der Waals surface area contributed by atoms with Crippen molar-refractivity contribution < 1.29 is 19.4 Å². The van der Waals surface area contributed by atoms with E-state index in [-0.39, 0.29) is 5.91 Å². The summed E-state index contributed by atoms with van der Waals surface area (Å²) in [6.07, 6.45) is -0.571. The summed E-state index contributed by atoms with van der Waals surface area (Å²) in [5.74, 6) is -1.09. The number of carboxylic acids is 1. The van der Waals surface area contributed by atoms with Gasteiger partial charge in [-0.2, -0.15) is 0 Å². The Hall–Kier alpha value is -3.80. The third-order valence-electron chi connectivity index (χ3n) is 4.80. The van der Waals surface area contributed by atoms with Gasteiger partial charge in [0.15, 0.2) is 0 Å². The second kappa shape index (κ2) is 7.67. The zero-order valence-corrected chi connectivity index (χ0v) is 15.8. The molecule has 146 valence electrons. The molecule has 1 aliphatic heterocycles. The first-order valence-corrected chi connectivity index (χ1v) is 9.22. The molecule has 0 radical (unpaired) electrons. The number of carbonyl (C=O) groups excluding carboxylic acids is 2. The van der Waals surface area contributed by atoms with E-state index in [0.29, 0.717) is 22.6 Å². The van der Waals surface area contributed by atoms with Crippen LogP contribution in [-0.2, 0) is 4.79 Å². The molecule has 1 aliphatic rings. The number of para-hydroxylation sites is 2. The number of hydrogen-bond acceptors (Lipinski definition) is 5. The molecular weight excluding hydrogens is 368 g/mol. The number of aryl methyl sites for hydroxylation is 1. The molecule has 0 bridgehead atoms. The molecule has 1 amide bonds. The molecule has 0 unspecified atom stereocenters. The Bertz CT molecular complexity index is 1060. The van der Waals surface area contributed by atoms with E-state index in [1.165, 1.54) is 0 Å². The number of nitrogens with zero attached hydrogens (tertiary/aromatic N) is 1. The number of amides is 1. The summed E-state index contributed by atoms with van der Waals surface area (Å²) in [5, 5.41) is 14.3. The summed E-state index contributed by atoms with van der Waals surface area (Å²) in [7, 11) is 0. The predicted octanol–water partition coefficient (Wildman–Crippen LogP) is 2.89. The zero-order valence-electron chi connectivity index (χ0n) is 15.8. The number of carbonyl (C=O) groups is 2. The minimum Gasteiger partial charge on any atom is -0.546 e. The van der Waals surface area contributed by atoms with Crippen molar-refractivity contribution in [2.45, 2.75) is 13.1 Å². The van der Waals surface area contributed by atoms with Crippen molar-refractivity contribution in [1.82, 2.24) is 0 Å². The van der Waals surface area contributed by atoms with Gasteiger partial charge >= 0.3 is 0 Å². The molecule has 6 heteroatoms. The lowest BCUT2D eigenvalue weighted by Crippen LogP contribution is -2.43. The van der Waals surface area contributed by atoms with Gasteiger partial charge in [-0.15, -0.1) is 0 Å². The highest BCUT2D eigenvalue weighted by Gasteiger charge is 2.35. The van der Waals surface area contributed by atoms with Crippen LogP contribution in [0.4, 0.5) is 11.4 Å². The van der Waals surface area contributed by atoms with Gasteiger partial charge in [-0.25, -0.2) is 0 Å². The largest absolute Gasteiger partial charge is 0.546 e. The highest BCUT2D eigenvalue weighted by Crippen LogP contribution is 2.39. The molecule has 29 heavy (non-hydrogen) atoms. The number of anilines is 2. The third kappa shape index (κ3) is 3.65. The van der Waals surface area contributed by atoms with Crippen LogP contribution < -0.4 is 20.1 Å². The Morgan fingerprint density at radius 1 is 1.03 bits per heavy atom. The van der Waals surface area contributed by atoms with Gasteiger partial charge in [-0.1, -0.05) is 48.0 Å². The van der Waals surface area contributed by atoms with E-state index in [1.54, 1.807) is 23.1 Å². The van der Waals surface area contributed by atoms with Crippen molar-refractivity contribution in [3.63, 3.8) is 0 Å². The van der Waals surface area contributed by atoms with Crippen LogP contribution in [0.2, 0.25) is 0 Å². The Labute approximate surface area is 168 Å². The normalized spacial score (nSPS) is 15.4. The molecule has 0 fully saturated rings. The van der Waals surface area contributed by atoms with Crippen LogP contribution in [0.3, 0.4) is 0 Å². The van der Waals surface area contributed by atoms with Crippen LogP contribution in [0.5, 0.6) is 5.75 Å². The molecule has 0 spiro atoms. The van der Waals surface area contributed by atoms with Crippen LogP contribution in [0.1, 0.15) is 27.7 Å². The first-order chi connectivity index (χ1) is 14.0. The molecule has 6 nitrogen and oxygen atoms in total. The summed E-state index contributed by atoms with van der Waals surface area (Å²) in [5.41, 5.74) is 3.73. The van der Waals surface area contributed by atoms with Crippen LogP contribution in [0.15, 0.2) is 72.8 Å². The quantitative estimate of drug-likeness (QED) is 0.728. The maximum Gasteiger partial charge on any atom is 0.262 e. The highest BCUT2D eigenvalue weighted by molar-refractivity contribution is 6.12. The van der Waals surface area contributed by atoms with E-state index in [4.69, 9.17) is 4.74 Å². The molecule has 3 aromatic carbocycles. The SMILES string of the molecule is Cc1ccc(N2C(=O)c3ccccc3N[C@H]2c2ccccc2OCC(=O)[O-])cc1. The number of ether oxygens (including phenoxy) is 1. The van der Waals surface area contributed by atoms with Crippen molar-refractivity contribution >= 4 is 23.3 Å². The molecule has 0 saturated heterocycles. The number of hydrogen-bond donors (Lipinski definition) is 1. The number of nitrogens with one attached hydrogen (secondary N) is 1. The van der Waals surface area contributed by atoms with Crippen molar-refractivity contribution in [1.29, 1.82) is 0 Å². The van der Waals surface area contributed by atoms with E-state index >= 15 is 0 Å². The fourth-order valence-electron chi connectivity index (χ4n) is 3.42. The average Bonchev–Trinajstić information content (AvgIpc) is 2.73. The van der Waals surface area contributed by atoms with Gasteiger partial charge in [0.05, 0.1) is 11.5 Å². The number of carboxylic acid groups (broad SMARTS) is 1. The van der Waals surface area contributed by atoms with Gasteiger partial charge < -0.3 is 20.0 Å². The number of rotatable bonds is 5. The monoisotopic (exact) mass is 387 g/mol. The van der Waals surface area contributed by atoms with Gasteiger partial charge in [-0.3, -0.25) is 9.69 Å². The topological polar surface area (TPSA) is 81.7 Å². The van der Waals surface area contributed by atoms with Gasteiger partial charge in [0.1, 0.15) is 18.5 Å². The maximum atomic E-state index is 13.4. The van der Waals surface area contributed by atoms with Crippen LogP contribution >= 0.6 is 0 Å². The molecular formula is C23H19N2O4-. The number of aliphatic carboxylic acids is 1. The second-order valence-electron chi connectivity index (χ2n) is 6.80. The van der Waals surface area contributed by atoms with Crippen molar-refractivity contribution in [3.8, 4) is 5.75 Å². The Balaban J connectivity index is 1.82. The van der Waals surface area contributed by atoms with Crippen LogP contribution in [-0.4, -0.2) is 18.5 Å². The maximum absolute atomic E-state index is 13.4. The third-order valence-corrected chi connectivity index (χ3v) is 4.80. The minimum absolute atomic E-state index is 0.150. The fourth-order valence-corrected chi connectivity index (χ4v) is 3.42. The molecule has 1 atom stereocenters. The predicted molar refractivity (Wildman–Crippen MR) is 108 cm³/mol. The van der Waals surface area contributed by atoms with Crippen molar-refractivity contribution in [2.75, 3.05) is 16.8 Å². The van der Waals surface area contributed by atoms with E-state index < -0.39 is 18.7 Å².